The molecule has 0 radical (unpaired) electrons. The second-order valence-electron chi connectivity index (χ2n) is 3.85. The monoisotopic (exact) mass is 195 g/mol. The second kappa shape index (κ2) is 3.20. The fourth-order valence-corrected chi connectivity index (χ4v) is 2.28. The number of nitrogens with zero attached hydrogens (tertiary/aromatic N) is 4. The molecule has 0 aromatic carbocycles. The Balaban J connectivity index is 1.88. The van der Waals surface area contributed by atoms with Crippen LogP contribution in [0.3, 0.4) is 0 Å². The van der Waals surface area contributed by atoms with Crippen molar-refractivity contribution in [3.8, 4) is 0 Å². The minimum absolute atomic E-state index is 0.420. The summed E-state index contributed by atoms with van der Waals surface area (Å²) in [5.41, 5.74) is 0. The van der Waals surface area contributed by atoms with Gasteiger partial charge < -0.3 is 10.1 Å². The third kappa shape index (κ3) is 1.18. The van der Waals surface area contributed by atoms with Crippen molar-refractivity contribution in [2.45, 2.75) is 18.9 Å². The van der Waals surface area contributed by atoms with Gasteiger partial charge in [-0.05, 0) is 23.3 Å². The highest BCUT2D eigenvalue weighted by Gasteiger charge is 2.31. The van der Waals surface area contributed by atoms with E-state index in [1.54, 1.807) is 0 Å². The summed E-state index contributed by atoms with van der Waals surface area (Å²) in [6, 6.07) is 0.420. The van der Waals surface area contributed by atoms with Crippen molar-refractivity contribution in [1.29, 1.82) is 0 Å². The van der Waals surface area contributed by atoms with E-state index in [1.807, 2.05) is 4.68 Å². The second-order valence-corrected chi connectivity index (χ2v) is 3.85. The highest BCUT2D eigenvalue weighted by atomic mass is 16.5. The third-order valence-corrected chi connectivity index (χ3v) is 3.04. The van der Waals surface area contributed by atoms with Crippen LogP contribution in [0.5, 0.6) is 0 Å². The predicted molar refractivity (Wildman–Crippen MR) is 48.9 cm³/mol. The average molecular weight is 195 g/mol. The van der Waals surface area contributed by atoms with Gasteiger partial charge in [-0.25, -0.2) is 4.68 Å². The van der Waals surface area contributed by atoms with E-state index < -0.39 is 0 Å². The van der Waals surface area contributed by atoms with Gasteiger partial charge in [0.25, 0.3) is 0 Å². The van der Waals surface area contributed by atoms with Gasteiger partial charge in [0.2, 0.25) is 5.95 Å². The summed E-state index contributed by atoms with van der Waals surface area (Å²) < 4.78 is 7.31. The average Bonchev–Trinajstić information content (AvgIpc) is 2.88. The lowest BCUT2D eigenvalue weighted by Crippen LogP contribution is -2.29. The van der Waals surface area contributed by atoms with Crippen molar-refractivity contribution in [3.05, 3.63) is 0 Å². The molecular weight excluding hydrogens is 182 g/mol. The number of tetrazole rings is 1. The van der Waals surface area contributed by atoms with Crippen molar-refractivity contribution in [1.82, 2.24) is 20.2 Å². The molecule has 0 saturated carbocycles. The Bertz CT molecular complexity index is 319. The molecule has 0 bridgehead atoms. The van der Waals surface area contributed by atoms with Crippen LogP contribution in [-0.4, -0.2) is 40.0 Å². The lowest BCUT2D eigenvalue weighted by molar-refractivity contribution is 0.167. The first kappa shape index (κ1) is 8.16. The molecule has 0 spiro atoms. The first-order valence-corrected chi connectivity index (χ1v) is 5.04. The third-order valence-electron chi connectivity index (χ3n) is 3.04. The smallest absolute Gasteiger partial charge is 0.243 e. The maximum Gasteiger partial charge on any atom is 0.243 e. The number of hydrogen-bond donors (Lipinski definition) is 1. The molecule has 3 rings (SSSR count). The van der Waals surface area contributed by atoms with Gasteiger partial charge in [0, 0.05) is 19.1 Å². The zero-order valence-corrected chi connectivity index (χ0v) is 7.89. The maximum atomic E-state index is 5.40. The minimum Gasteiger partial charge on any atom is -0.381 e. The van der Waals surface area contributed by atoms with E-state index in [2.05, 4.69) is 20.8 Å². The van der Waals surface area contributed by atoms with Crippen LogP contribution in [0.15, 0.2) is 0 Å². The number of rotatable bonds is 1. The van der Waals surface area contributed by atoms with Crippen LogP contribution in [0.1, 0.15) is 18.9 Å². The van der Waals surface area contributed by atoms with Crippen LogP contribution in [0, 0.1) is 5.92 Å². The molecular formula is C8H13N5O. The van der Waals surface area contributed by atoms with Crippen molar-refractivity contribution in [2.24, 2.45) is 5.92 Å². The molecule has 6 heteroatoms. The van der Waals surface area contributed by atoms with Gasteiger partial charge >= 0.3 is 0 Å². The Labute approximate surface area is 81.6 Å². The molecule has 1 fully saturated rings. The Kier molecular flexibility index (Phi) is 1.86. The summed E-state index contributed by atoms with van der Waals surface area (Å²) in [4.78, 5) is 0. The van der Waals surface area contributed by atoms with E-state index in [-0.39, 0.29) is 0 Å². The van der Waals surface area contributed by atoms with Gasteiger partial charge in [-0.3, -0.25) is 0 Å². The van der Waals surface area contributed by atoms with Crippen LogP contribution in [0.2, 0.25) is 0 Å². The quantitative estimate of drug-likeness (QED) is 0.686. The Hall–Kier alpha value is -1.17. The highest BCUT2D eigenvalue weighted by molar-refractivity contribution is 5.24. The van der Waals surface area contributed by atoms with Crippen LogP contribution >= 0.6 is 0 Å². The van der Waals surface area contributed by atoms with E-state index in [0.717, 1.165) is 38.5 Å². The summed E-state index contributed by atoms with van der Waals surface area (Å²) in [5, 5.41) is 14.8. The normalized spacial score (nSPS) is 31.1. The number of anilines is 1. The van der Waals surface area contributed by atoms with Crippen molar-refractivity contribution in [3.63, 3.8) is 0 Å². The van der Waals surface area contributed by atoms with E-state index in [4.69, 9.17) is 4.74 Å². The first-order valence-electron chi connectivity index (χ1n) is 5.04. The molecule has 0 aliphatic carbocycles. The number of hydrogen-bond acceptors (Lipinski definition) is 5. The lowest BCUT2D eigenvalue weighted by Gasteiger charge is -2.27. The fourth-order valence-electron chi connectivity index (χ4n) is 2.28. The highest BCUT2D eigenvalue weighted by Crippen LogP contribution is 2.32. The van der Waals surface area contributed by atoms with E-state index >= 15 is 0 Å². The molecule has 76 valence electrons. The molecule has 3 heterocycles. The van der Waals surface area contributed by atoms with Crippen LogP contribution in [-0.2, 0) is 4.74 Å². The first-order chi connectivity index (χ1) is 6.95. The molecule has 1 saturated heterocycles. The molecule has 1 aromatic rings. The largest absolute Gasteiger partial charge is 0.381 e. The Morgan fingerprint density at radius 2 is 2.43 bits per heavy atom. The van der Waals surface area contributed by atoms with Crippen molar-refractivity contribution < 1.29 is 4.74 Å². The van der Waals surface area contributed by atoms with Crippen molar-refractivity contribution >= 4 is 5.95 Å². The zero-order valence-electron chi connectivity index (χ0n) is 7.89. The summed E-state index contributed by atoms with van der Waals surface area (Å²) in [7, 11) is 0. The lowest BCUT2D eigenvalue weighted by atomic mass is 9.95. The van der Waals surface area contributed by atoms with Gasteiger partial charge in [0.15, 0.2) is 0 Å². The van der Waals surface area contributed by atoms with Crippen LogP contribution in [0.25, 0.3) is 0 Å². The predicted octanol–water partition coefficient (Wildman–Crippen LogP) is 0.0663. The number of nitrogens with one attached hydrogen (secondary N) is 1. The summed E-state index contributed by atoms with van der Waals surface area (Å²) in [5.74, 6) is 1.38. The SMILES string of the molecule is C1CC(C2CCOC2)n2nnnc2N1. The maximum absolute atomic E-state index is 5.40. The molecule has 14 heavy (non-hydrogen) atoms. The summed E-state index contributed by atoms with van der Waals surface area (Å²) in [6.45, 7) is 2.69. The number of aromatic nitrogens is 4. The fraction of sp³-hybridized carbons (Fsp3) is 0.875. The standard InChI is InChI=1S/C8H13N5O/c1-3-9-8-10-11-12-13(8)7(1)6-2-4-14-5-6/h6-7H,1-5H2,(H,9,10,12). The number of fused-ring (bicyclic) bond motifs is 1. The number of ether oxygens (including phenoxy) is 1. The minimum atomic E-state index is 0.420. The van der Waals surface area contributed by atoms with Crippen LogP contribution < -0.4 is 5.32 Å². The van der Waals surface area contributed by atoms with Gasteiger partial charge in [-0.1, -0.05) is 5.10 Å². The molecule has 2 aliphatic heterocycles. The molecule has 2 atom stereocenters. The van der Waals surface area contributed by atoms with Gasteiger partial charge in [-0.2, -0.15) is 0 Å². The van der Waals surface area contributed by atoms with E-state index in [0.29, 0.717) is 12.0 Å². The van der Waals surface area contributed by atoms with E-state index in [1.165, 1.54) is 0 Å². The van der Waals surface area contributed by atoms with Crippen molar-refractivity contribution in [2.75, 3.05) is 25.1 Å². The Morgan fingerprint density at radius 1 is 1.43 bits per heavy atom. The summed E-state index contributed by atoms with van der Waals surface area (Å²) >= 11 is 0. The molecule has 1 N–H and O–H groups in total. The molecule has 6 nitrogen and oxygen atoms in total. The van der Waals surface area contributed by atoms with Gasteiger partial charge in [-0.15, -0.1) is 0 Å². The van der Waals surface area contributed by atoms with Gasteiger partial charge in [0.05, 0.1) is 12.6 Å². The van der Waals surface area contributed by atoms with Crippen LogP contribution in [0.4, 0.5) is 5.95 Å². The molecule has 2 unspecified atom stereocenters. The van der Waals surface area contributed by atoms with E-state index in [9.17, 15) is 0 Å². The topological polar surface area (TPSA) is 64.9 Å². The zero-order chi connectivity index (χ0) is 9.38. The Morgan fingerprint density at radius 3 is 3.29 bits per heavy atom. The molecule has 1 aromatic heterocycles. The molecule has 0 amide bonds. The summed E-state index contributed by atoms with van der Waals surface area (Å²) in [6.07, 6.45) is 2.22. The van der Waals surface area contributed by atoms with Gasteiger partial charge in [0.1, 0.15) is 0 Å². The molecule has 2 aliphatic rings.